The minimum atomic E-state index is -4.21. The van der Waals surface area contributed by atoms with Gasteiger partial charge in [0, 0.05) is 18.2 Å². The van der Waals surface area contributed by atoms with Crippen LogP contribution in [-0.2, 0) is 11.2 Å². The Bertz CT molecular complexity index is 485. The van der Waals surface area contributed by atoms with E-state index in [0.717, 1.165) is 5.56 Å². The lowest BCUT2D eigenvalue weighted by Gasteiger charge is -2.22. The number of benzene rings is 1. The molecule has 0 fully saturated rings. The molecule has 1 aromatic carbocycles. The van der Waals surface area contributed by atoms with Crippen LogP contribution in [0, 0.1) is 0 Å². The molecule has 6 heteroatoms. The van der Waals surface area contributed by atoms with E-state index in [1.165, 1.54) is 7.05 Å². The largest absolute Gasteiger partial charge is 0.390 e. The smallest absolute Gasteiger partial charge is 0.326 e. The second-order valence-corrected chi connectivity index (χ2v) is 4.63. The van der Waals surface area contributed by atoms with Gasteiger partial charge in [-0.3, -0.25) is 4.79 Å². The molecule has 0 radical (unpaired) electrons. The van der Waals surface area contributed by atoms with Gasteiger partial charge in [-0.05, 0) is 30.7 Å². The van der Waals surface area contributed by atoms with Crippen molar-refractivity contribution in [3.8, 4) is 0 Å². The highest BCUT2D eigenvalue weighted by atomic mass is 19.4. The Kier molecular flexibility index (Phi) is 3.80. The first-order valence-electron chi connectivity index (χ1n) is 6.06. The molecule has 0 aromatic heterocycles. The van der Waals surface area contributed by atoms with Crippen LogP contribution in [0.15, 0.2) is 18.2 Å². The molecule has 19 heavy (non-hydrogen) atoms. The molecule has 1 aliphatic heterocycles. The van der Waals surface area contributed by atoms with Crippen molar-refractivity contribution in [2.45, 2.75) is 31.5 Å². The molecule has 1 unspecified atom stereocenters. The predicted octanol–water partition coefficient (Wildman–Crippen LogP) is 2.78. The summed E-state index contributed by atoms with van der Waals surface area (Å²) in [5.41, 5.74) is 2.18. The van der Waals surface area contributed by atoms with Crippen molar-refractivity contribution in [1.82, 2.24) is 5.32 Å². The van der Waals surface area contributed by atoms with Gasteiger partial charge in [0.1, 0.15) is 0 Å². The number of hydrogen-bond acceptors (Lipinski definition) is 2. The molecule has 1 aliphatic rings. The van der Waals surface area contributed by atoms with Crippen LogP contribution in [0.5, 0.6) is 0 Å². The van der Waals surface area contributed by atoms with Gasteiger partial charge < -0.3 is 10.6 Å². The maximum absolute atomic E-state index is 12.5. The molecule has 104 valence electrons. The van der Waals surface area contributed by atoms with Crippen LogP contribution in [0.1, 0.15) is 30.0 Å². The van der Waals surface area contributed by atoms with Crippen LogP contribution in [0.25, 0.3) is 0 Å². The zero-order valence-corrected chi connectivity index (χ0v) is 10.5. The fraction of sp³-hybridized carbons (Fsp3) is 0.462. The summed E-state index contributed by atoms with van der Waals surface area (Å²) in [7, 11) is 1.51. The first-order valence-corrected chi connectivity index (χ1v) is 6.06. The molecule has 2 N–H and O–H groups in total. The monoisotopic (exact) mass is 272 g/mol. The van der Waals surface area contributed by atoms with Gasteiger partial charge >= 0.3 is 6.18 Å². The molecule has 0 aliphatic carbocycles. The number of carbonyl (C=O) groups excluding carboxylic acids is 1. The SMILES string of the molecule is CNC(CC(F)(F)F)c1ccc2c(c1)CCC(=O)N2. The van der Waals surface area contributed by atoms with Crippen molar-refractivity contribution in [3.63, 3.8) is 0 Å². The molecule has 1 amide bonds. The van der Waals surface area contributed by atoms with Crippen molar-refractivity contribution in [1.29, 1.82) is 0 Å². The first kappa shape index (κ1) is 13.9. The molecular weight excluding hydrogens is 257 g/mol. The Labute approximate surface area is 109 Å². The molecule has 0 saturated heterocycles. The van der Waals surface area contributed by atoms with E-state index in [4.69, 9.17) is 0 Å². The van der Waals surface area contributed by atoms with E-state index in [2.05, 4.69) is 10.6 Å². The van der Waals surface area contributed by atoms with E-state index in [1.807, 2.05) is 0 Å². The maximum atomic E-state index is 12.5. The summed E-state index contributed by atoms with van der Waals surface area (Å²) in [5, 5.41) is 5.39. The van der Waals surface area contributed by atoms with Gasteiger partial charge in [-0.1, -0.05) is 12.1 Å². The summed E-state index contributed by atoms with van der Waals surface area (Å²) in [6.07, 6.45) is -4.18. The molecule has 3 nitrogen and oxygen atoms in total. The van der Waals surface area contributed by atoms with Crippen LogP contribution >= 0.6 is 0 Å². The van der Waals surface area contributed by atoms with E-state index in [0.29, 0.717) is 24.1 Å². The summed E-state index contributed by atoms with van der Waals surface area (Å²) >= 11 is 0. The highest BCUT2D eigenvalue weighted by molar-refractivity contribution is 5.93. The first-order chi connectivity index (χ1) is 8.89. The normalized spacial score (nSPS) is 16.7. The van der Waals surface area contributed by atoms with E-state index >= 15 is 0 Å². The lowest BCUT2D eigenvalue weighted by atomic mass is 9.96. The molecule has 2 rings (SSSR count). The number of nitrogens with one attached hydrogen (secondary N) is 2. The second-order valence-electron chi connectivity index (χ2n) is 4.63. The number of alkyl halides is 3. The van der Waals surface area contributed by atoms with Gasteiger partial charge in [-0.2, -0.15) is 13.2 Å². The van der Waals surface area contributed by atoms with Gasteiger partial charge in [0.05, 0.1) is 6.42 Å². The fourth-order valence-corrected chi connectivity index (χ4v) is 2.24. The van der Waals surface area contributed by atoms with Crippen molar-refractivity contribution in [2.75, 3.05) is 12.4 Å². The minimum absolute atomic E-state index is 0.0549. The minimum Gasteiger partial charge on any atom is -0.326 e. The van der Waals surface area contributed by atoms with Crippen molar-refractivity contribution in [3.05, 3.63) is 29.3 Å². The number of anilines is 1. The third-order valence-electron chi connectivity index (χ3n) is 3.21. The quantitative estimate of drug-likeness (QED) is 0.888. The van der Waals surface area contributed by atoms with Crippen LogP contribution < -0.4 is 10.6 Å². The van der Waals surface area contributed by atoms with Crippen LogP contribution in [0.2, 0.25) is 0 Å². The van der Waals surface area contributed by atoms with Crippen LogP contribution in [0.4, 0.5) is 18.9 Å². The fourth-order valence-electron chi connectivity index (χ4n) is 2.24. The van der Waals surface area contributed by atoms with Crippen molar-refractivity contribution in [2.24, 2.45) is 0 Å². The number of carbonyl (C=O) groups is 1. The standard InChI is InChI=1S/C13H15F3N2O/c1-17-11(7-13(14,15)16)9-2-4-10-8(6-9)3-5-12(19)18-10/h2,4,6,11,17H,3,5,7H2,1H3,(H,18,19). The summed E-state index contributed by atoms with van der Waals surface area (Å²) in [6, 6.07) is 4.27. The van der Waals surface area contributed by atoms with E-state index in [1.54, 1.807) is 18.2 Å². The second kappa shape index (κ2) is 5.21. The molecule has 1 atom stereocenters. The number of fused-ring (bicyclic) bond motifs is 1. The van der Waals surface area contributed by atoms with Gasteiger partial charge in [0.25, 0.3) is 0 Å². The van der Waals surface area contributed by atoms with E-state index < -0.39 is 18.6 Å². The third kappa shape index (κ3) is 3.47. The van der Waals surface area contributed by atoms with Gasteiger partial charge in [0.2, 0.25) is 5.91 Å². The molecule has 1 heterocycles. The van der Waals surface area contributed by atoms with E-state index in [9.17, 15) is 18.0 Å². The Morgan fingerprint density at radius 1 is 1.37 bits per heavy atom. The van der Waals surface area contributed by atoms with Gasteiger partial charge in [-0.25, -0.2) is 0 Å². The molecule has 1 aromatic rings. The molecule has 0 spiro atoms. The highest BCUT2D eigenvalue weighted by Crippen LogP contribution is 2.32. The number of amides is 1. The molecular formula is C13H15F3N2O. The number of rotatable bonds is 3. The summed E-state index contributed by atoms with van der Waals surface area (Å²) in [5.74, 6) is -0.0549. The number of halogens is 3. The Balaban J connectivity index is 2.23. The van der Waals surface area contributed by atoms with Crippen LogP contribution in [-0.4, -0.2) is 19.1 Å². The third-order valence-corrected chi connectivity index (χ3v) is 3.21. The zero-order chi connectivity index (χ0) is 14.0. The average molecular weight is 272 g/mol. The maximum Gasteiger partial charge on any atom is 0.390 e. The number of hydrogen-bond donors (Lipinski definition) is 2. The van der Waals surface area contributed by atoms with Crippen molar-refractivity contribution >= 4 is 11.6 Å². The lowest BCUT2D eigenvalue weighted by Crippen LogP contribution is -2.24. The van der Waals surface area contributed by atoms with Gasteiger partial charge in [-0.15, -0.1) is 0 Å². The van der Waals surface area contributed by atoms with E-state index in [-0.39, 0.29) is 5.91 Å². The lowest BCUT2D eigenvalue weighted by molar-refractivity contribution is -0.140. The Morgan fingerprint density at radius 2 is 2.11 bits per heavy atom. The Morgan fingerprint density at radius 3 is 2.74 bits per heavy atom. The van der Waals surface area contributed by atoms with Gasteiger partial charge in [0.15, 0.2) is 0 Å². The highest BCUT2D eigenvalue weighted by Gasteiger charge is 2.32. The average Bonchev–Trinajstić information content (AvgIpc) is 2.34. The topological polar surface area (TPSA) is 41.1 Å². The molecule has 0 saturated carbocycles. The summed E-state index contributed by atoms with van der Waals surface area (Å²) < 4.78 is 37.4. The summed E-state index contributed by atoms with van der Waals surface area (Å²) in [4.78, 5) is 11.2. The van der Waals surface area contributed by atoms with Crippen molar-refractivity contribution < 1.29 is 18.0 Å². The number of aryl methyl sites for hydroxylation is 1. The Hall–Kier alpha value is -1.56. The zero-order valence-electron chi connectivity index (χ0n) is 10.5. The summed E-state index contributed by atoms with van der Waals surface area (Å²) in [6.45, 7) is 0. The predicted molar refractivity (Wildman–Crippen MR) is 65.9 cm³/mol. The van der Waals surface area contributed by atoms with Crippen LogP contribution in [0.3, 0.4) is 0 Å². The molecule has 0 bridgehead atoms.